The fourth-order valence-corrected chi connectivity index (χ4v) is 5.28. The number of ether oxygens (including phenoxy) is 1. The number of esters is 1. The number of hydrogen-bond donors (Lipinski definition) is 0. The van der Waals surface area contributed by atoms with Crippen LogP contribution in [0.4, 0.5) is 0 Å². The maximum absolute atomic E-state index is 11.8. The molecule has 2 rings (SSSR count). The van der Waals surface area contributed by atoms with E-state index in [2.05, 4.69) is 37.9 Å². The van der Waals surface area contributed by atoms with E-state index in [1.807, 2.05) is 30.3 Å². The Balaban J connectivity index is 2.52. The van der Waals surface area contributed by atoms with E-state index in [0.717, 1.165) is 5.56 Å². The molecule has 0 saturated heterocycles. The second-order valence-corrected chi connectivity index (χ2v) is 8.66. The van der Waals surface area contributed by atoms with Gasteiger partial charge in [-0.1, -0.05) is 18.2 Å². The van der Waals surface area contributed by atoms with Crippen LogP contribution in [0.1, 0.15) is 5.56 Å². The summed E-state index contributed by atoms with van der Waals surface area (Å²) in [5.74, 6) is -0.167. The molecule has 2 aromatic carbocycles. The lowest BCUT2D eigenvalue weighted by molar-refractivity contribution is -0.137. The molecular formula is C17H19O2P. The third kappa shape index (κ3) is 3.02. The van der Waals surface area contributed by atoms with Crippen LogP contribution in [0.2, 0.25) is 0 Å². The van der Waals surface area contributed by atoms with Crippen molar-refractivity contribution in [1.29, 1.82) is 0 Å². The normalized spacial score (nSPS) is 13.5. The molecular weight excluding hydrogens is 267 g/mol. The zero-order chi connectivity index (χ0) is 14.6. The van der Waals surface area contributed by atoms with Crippen molar-refractivity contribution in [2.45, 2.75) is 0 Å². The summed E-state index contributed by atoms with van der Waals surface area (Å²) in [6.07, 6.45) is 0.414. The fraction of sp³-hybridized carbons (Fsp3) is 0.176. The highest BCUT2D eigenvalue weighted by Crippen LogP contribution is 2.52. The zero-order valence-electron chi connectivity index (χ0n) is 11.9. The smallest absolute Gasteiger partial charge is 0.344 e. The zero-order valence-corrected chi connectivity index (χ0v) is 12.8. The van der Waals surface area contributed by atoms with Crippen LogP contribution in [0.25, 0.3) is 0 Å². The summed E-state index contributed by atoms with van der Waals surface area (Å²) in [7, 11) is -0.348. The average Bonchev–Trinajstić information content (AvgIpc) is 2.48. The second-order valence-electron chi connectivity index (χ2n) is 4.93. The molecule has 0 bridgehead atoms. The Bertz CT molecular complexity index is 595. The van der Waals surface area contributed by atoms with E-state index >= 15 is 0 Å². The van der Waals surface area contributed by atoms with E-state index in [4.69, 9.17) is 4.74 Å². The van der Waals surface area contributed by atoms with E-state index in [9.17, 15) is 4.79 Å². The molecule has 0 heterocycles. The van der Waals surface area contributed by atoms with Gasteiger partial charge in [0.2, 0.25) is 0 Å². The van der Waals surface area contributed by atoms with Crippen LogP contribution in [0.5, 0.6) is 0 Å². The van der Waals surface area contributed by atoms with Gasteiger partial charge in [-0.15, -0.1) is 12.1 Å². The summed E-state index contributed by atoms with van der Waals surface area (Å²) < 4.78 is 4.89. The van der Waals surface area contributed by atoms with Gasteiger partial charge in [0.25, 0.3) is 0 Å². The fourth-order valence-electron chi connectivity index (χ4n) is 2.27. The lowest BCUT2D eigenvalue weighted by Crippen LogP contribution is -2.28. The topological polar surface area (TPSA) is 26.3 Å². The van der Waals surface area contributed by atoms with Crippen LogP contribution in [-0.4, -0.2) is 25.9 Å². The molecule has 104 valence electrons. The molecule has 0 aliphatic rings. The third-order valence-electron chi connectivity index (χ3n) is 3.48. The van der Waals surface area contributed by atoms with Crippen LogP contribution < -0.4 is 10.6 Å². The average molecular weight is 286 g/mol. The minimum absolute atomic E-state index is 0.167. The second kappa shape index (κ2) is 6.11. The van der Waals surface area contributed by atoms with Crippen LogP contribution in [-0.2, 0) is 9.53 Å². The quantitative estimate of drug-likeness (QED) is 0.491. The number of carbonyl (C=O) groups is 1. The molecule has 2 aromatic rings. The van der Waals surface area contributed by atoms with Gasteiger partial charge in [-0.25, -0.2) is 4.79 Å². The highest BCUT2D eigenvalue weighted by molar-refractivity contribution is 7.89. The molecule has 1 atom stereocenters. The van der Waals surface area contributed by atoms with Crippen molar-refractivity contribution >= 4 is 23.8 Å². The Morgan fingerprint density at radius 2 is 1.75 bits per heavy atom. The first kappa shape index (κ1) is 14.6. The van der Waals surface area contributed by atoms with Crippen molar-refractivity contribution in [3.63, 3.8) is 0 Å². The number of hydrogen-bond acceptors (Lipinski definition) is 2. The summed E-state index contributed by atoms with van der Waals surface area (Å²) in [5.41, 5.74) is 0.967. The molecule has 0 N–H and O–H groups in total. The molecule has 0 aliphatic heterocycles. The standard InChI is InChI=1S/C17H19O2P/c1-14-8-7-11-16(12-14)20(3,13-17(18)19-2)15-9-5-4-6-10-15/h4-12H,1,13H2,2-3H3. The van der Waals surface area contributed by atoms with Crippen molar-refractivity contribution in [3.8, 4) is 0 Å². The Hall–Kier alpha value is -1.79. The maximum Gasteiger partial charge on any atom is 0.344 e. The molecule has 20 heavy (non-hydrogen) atoms. The SMILES string of the molecule is [CH2-]c1cccc([P+](C)(CC(=O)OC)c2ccccc2)c1. The first-order chi connectivity index (χ1) is 9.56. The van der Waals surface area contributed by atoms with Crippen molar-refractivity contribution in [2.75, 3.05) is 19.9 Å². The van der Waals surface area contributed by atoms with E-state index < -0.39 is 7.26 Å². The number of carbonyl (C=O) groups excluding carboxylic acids is 1. The molecule has 0 amide bonds. The lowest BCUT2D eigenvalue weighted by atomic mass is 10.2. The monoisotopic (exact) mass is 286 g/mol. The Labute approximate surface area is 121 Å². The highest BCUT2D eigenvalue weighted by Gasteiger charge is 2.38. The van der Waals surface area contributed by atoms with Gasteiger partial charge in [0.1, 0.15) is 0 Å². The van der Waals surface area contributed by atoms with Gasteiger partial charge in [0.15, 0.2) is 6.16 Å². The molecule has 3 heteroatoms. The predicted octanol–water partition coefficient (Wildman–Crippen LogP) is 2.64. The molecule has 0 spiro atoms. The Kier molecular flexibility index (Phi) is 4.46. The van der Waals surface area contributed by atoms with Gasteiger partial charge in [-0.3, -0.25) is 0 Å². The summed E-state index contributed by atoms with van der Waals surface area (Å²) in [6.45, 7) is 6.16. The van der Waals surface area contributed by atoms with Gasteiger partial charge >= 0.3 is 5.97 Å². The maximum atomic E-state index is 11.8. The predicted molar refractivity (Wildman–Crippen MR) is 86.3 cm³/mol. The summed E-state index contributed by atoms with van der Waals surface area (Å²) in [4.78, 5) is 11.8. The van der Waals surface area contributed by atoms with Gasteiger partial charge in [-0.2, -0.15) is 18.6 Å². The number of rotatable bonds is 4. The van der Waals surface area contributed by atoms with Gasteiger partial charge in [-0.05, 0) is 18.2 Å². The Morgan fingerprint density at radius 3 is 2.35 bits per heavy atom. The third-order valence-corrected chi connectivity index (χ3v) is 7.23. The van der Waals surface area contributed by atoms with E-state index in [1.54, 1.807) is 0 Å². The first-order valence-electron chi connectivity index (χ1n) is 6.47. The minimum atomic E-state index is -1.79. The van der Waals surface area contributed by atoms with Crippen molar-refractivity contribution < 1.29 is 9.53 Å². The number of benzene rings is 2. The Morgan fingerprint density at radius 1 is 1.10 bits per heavy atom. The molecule has 0 radical (unpaired) electrons. The summed E-state index contributed by atoms with van der Waals surface area (Å²) in [5, 5.41) is 2.39. The van der Waals surface area contributed by atoms with Crippen LogP contribution in [0.3, 0.4) is 0 Å². The molecule has 0 saturated carbocycles. The van der Waals surface area contributed by atoms with E-state index in [-0.39, 0.29) is 5.97 Å². The highest BCUT2D eigenvalue weighted by atomic mass is 31.2. The van der Waals surface area contributed by atoms with Crippen LogP contribution >= 0.6 is 7.26 Å². The van der Waals surface area contributed by atoms with Gasteiger partial charge < -0.3 is 4.74 Å². The molecule has 0 fully saturated rings. The van der Waals surface area contributed by atoms with Gasteiger partial charge in [0.05, 0.1) is 26.3 Å². The minimum Gasteiger partial charge on any atom is -0.466 e. The van der Waals surface area contributed by atoms with Crippen LogP contribution in [0, 0.1) is 6.92 Å². The van der Waals surface area contributed by atoms with Gasteiger partial charge in [0, 0.05) is 5.30 Å². The van der Waals surface area contributed by atoms with Crippen molar-refractivity contribution in [3.05, 3.63) is 67.1 Å². The lowest BCUT2D eigenvalue weighted by Gasteiger charge is -2.24. The molecule has 1 unspecified atom stereocenters. The van der Waals surface area contributed by atoms with E-state index in [0.29, 0.717) is 6.16 Å². The van der Waals surface area contributed by atoms with Crippen molar-refractivity contribution in [1.82, 2.24) is 0 Å². The van der Waals surface area contributed by atoms with E-state index in [1.165, 1.54) is 17.7 Å². The summed E-state index contributed by atoms with van der Waals surface area (Å²) >= 11 is 0. The largest absolute Gasteiger partial charge is 0.466 e. The number of methoxy groups -OCH3 is 1. The molecule has 0 aromatic heterocycles. The van der Waals surface area contributed by atoms with Crippen molar-refractivity contribution in [2.24, 2.45) is 0 Å². The summed E-state index contributed by atoms with van der Waals surface area (Å²) in [6, 6.07) is 18.3. The first-order valence-corrected chi connectivity index (χ1v) is 8.89. The molecule has 0 aliphatic carbocycles. The van der Waals surface area contributed by atoms with Crippen LogP contribution in [0.15, 0.2) is 54.6 Å². The molecule has 2 nitrogen and oxygen atoms in total.